The molecule has 84 valence electrons. The van der Waals surface area contributed by atoms with Gasteiger partial charge in [-0.25, -0.2) is 0 Å². The molecule has 0 aromatic rings. The van der Waals surface area contributed by atoms with Crippen LogP contribution in [0, 0.1) is 0 Å². The lowest BCUT2D eigenvalue weighted by Gasteiger charge is -2.21. The molecule has 0 fully saturated rings. The summed E-state index contributed by atoms with van der Waals surface area (Å²) in [7, 11) is 1.66. The van der Waals surface area contributed by atoms with Gasteiger partial charge in [-0.3, -0.25) is 4.79 Å². The first-order valence-electron chi connectivity index (χ1n) is 5.58. The van der Waals surface area contributed by atoms with Crippen LogP contribution in [0.15, 0.2) is 0 Å². The number of unbranched alkanes of at least 4 members (excludes halogenated alkanes) is 3. The molecule has 0 spiro atoms. The minimum atomic E-state index is -0.290. The Hall–Kier alpha value is -0.370. The Morgan fingerprint density at radius 1 is 1.21 bits per heavy atom. The molecule has 0 bridgehead atoms. The number of carbonyl (C=O) groups excluding carboxylic acids is 1. The van der Waals surface area contributed by atoms with Crippen molar-refractivity contribution in [1.29, 1.82) is 0 Å². The topological polar surface area (TPSA) is 26.3 Å². The van der Waals surface area contributed by atoms with Crippen molar-refractivity contribution in [1.82, 2.24) is 0 Å². The maximum absolute atomic E-state index is 11.5. The second-order valence-corrected chi connectivity index (χ2v) is 4.49. The highest BCUT2D eigenvalue weighted by Gasteiger charge is 2.20. The van der Waals surface area contributed by atoms with Gasteiger partial charge in [0.05, 0.1) is 5.60 Å². The van der Waals surface area contributed by atoms with Crippen LogP contribution in [0.5, 0.6) is 0 Å². The smallest absolute Gasteiger partial charge is 0.135 e. The second kappa shape index (κ2) is 6.99. The fourth-order valence-corrected chi connectivity index (χ4v) is 1.38. The molecule has 0 aromatic carbocycles. The van der Waals surface area contributed by atoms with Crippen LogP contribution in [-0.2, 0) is 9.53 Å². The zero-order valence-corrected chi connectivity index (χ0v) is 10.1. The van der Waals surface area contributed by atoms with Gasteiger partial charge >= 0.3 is 0 Å². The van der Waals surface area contributed by atoms with E-state index < -0.39 is 0 Å². The van der Waals surface area contributed by atoms with Gasteiger partial charge in [-0.2, -0.15) is 0 Å². The van der Waals surface area contributed by atoms with Crippen LogP contribution < -0.4 is 0 Å². The van der Waals surface area contributed by atoms with Crippen molar-refractivity contribution in [3.63, 3.8) is 0 Å². The number of rotatable bonds is 8. The highest BCUT2D eigenvalue weighted by Crippen LogP contribution is 2.15. The molecule has 0 aliphatic carbocycles. The summed E-state index contributed by atoms with van der Waals surface area (Å²) in [5.74, 6) is 0.327. The van der Waals surface area contributed by atoms with E-state index in [2.05, 4.69) is 6.92 Å². The molecule has 0 saturated carbocycles. The molecule has 0 aliphatic heterocycles. The van der Waals surface area contributed by atoms with E-state index in [4.69, 9.17) is 4.74 Å². The van der Waals surface area contributed by atoms with E-state index in [0.29, 0.717) is 18.6 Å². The van der Waals surface area contributed by atoms with Crippen molar-refractivity contribution in [2.75, 3.05) is 7.11 Å². The van der Waals surface area contributed by atoms with Crippen LogP contribution in [-0.4, -0.2) is 18.5 Å². The molecule has 0 unspecified atom stereocenters. The number of ether oxygens (including phenoxy) is 1. The van der Waals surface area contributed by atoms with Crippen LogP contribution in [0.3, 0.4) is 0 Å². The summed E-state index contributed by atoms with van der Waals surface area (Å²) in [5.41, 5.74) is -0.290. The number of carbonyl (C=O) groups is 1. The third kappa shape index (κ3) is 7.07. The van der Waals surface area contributed by atoms with Gasteiger partial charge in [0.2, 0.25) is 0 Å². The van der Waals surface area contributed by atoms with Crippen LogP contribution in [0.4, 0.5) is 0 Å². The number of ketones is 1. The molecule has 14 heavy (non-hydrogen) atoms. The van der Waals surface area contributed by atoms with Crippen molar-refractivity contribution in [2.45, 2.75) is 64.9 Å². The van der Waals surface area contributed by atoms with Gasteiger partial charge in [0, 0.05) is 20.0 Å². The van der Waals surface area contributed by atoms with E-state index in [0.717, 1.165) is 6.42 Å². The molecule has 0 aromatic heterocycles. The zero-order valence-electron chi connectivity index (χ0n) is 10.1. The van der Waals surface area contributed by atoms with E-state index in [9.17, 15) is 4.79 Å². The van der Waals surface area contributed by atoms with Crippen LogP contribution in [0.25, 0.3) is 0 Å². The van der Waals surface area contributed by atoms with Gasteiger partial charge in [-0.15, -0.1) is 0 Å². The Kier molecular flexibility index (Phi) is 6.81. The highest BCUT2D eigenvalue weighted by molar-refractivity contribution is 5.79. The minimum Gasteiger partial charge on any atom is -0.378 e. The van der Waals surface area contributed by atoms with Crippen molar-refractivity contribution < 1.29 is 9.53 Å². The van der Waals surface area contributed by atoms with Gasteiger partial charge in [0.1, 0.15) is 5.78 Å². The molecule has 0 N–H and O–H groups in total. The van der Waals surface area contributed by atoms with Gasteiger partial charge in [-0.05, 0) is 20.3 Å². The van der Waals surface area contributed by atoms with Crippen molar-refractivity contribution in [3.05, 3.63) is 0 Å². The fraction of sp³-hybridized carbons (Fsp3) is 0.917. The van der Waals surface area contributed by atoms with Crippen molar-refractivity contribution in [2.24, 2.45) is 0 Å². The summed E-state index contributed by atoms with van der Waals surface area (Å²) in [6.07, 6.45) is 5.92. The number of hydrogen-bond acceptors (Lipinski definition) is 2. The van der Waals surface area contributed by atoms with E-state index in [1.807, 2.05) is 13.8 Å². The molecule has 0 aliphatic rings. The normalized spacial score (nSPS) is 11.7. The first-order valence-corrected chi connectivity index (χ1v) is 5.58. The van der Waals surface area contributed by atoms with Gasteiger partial charge in [0.25, 0.3) is 0 Å². The predicted molar refractivity (Wildman–Crippen MR) is 59.5 cm³/mol. The number of hydrogen-bond donors (Lipinski definition) is 0. The lowest BCUT2D eigenvalue weighted by atomic mass is 9.98. The summed E-state index contributed by atoms with van der Waals surface area (Å²) in [6.45, 7) is 6.09. The zero-order chi connectivity index (χ0) is 11.0. The Morgan fingerprint density at radius 3 is 2.36 bits per heavy atom. The van der Waals surface area contributed by atoms with Gasteiger partial charge < -0.3 is 4.74 Å². The van der Waals surface area contributed by atoms with E-state index >= 15 is 0 Å². The van der Waals surface area contributed by atoms with E-state index in [1.54, 1.807) is 7.11 Å². The average Bonchev–Trinajstić information content (AvgIpc) is 2.12. The Morgan fingerprint density at radius 2 is 1.86 bits per heavy atom. The third-order valence-corrected chi connectivity index (χ3v) is 2.48. The van der Waals surface area contributed by atoms with E-state index in [1.165, 1.54) is 19.3 Å². The molecule has 0 saturated heterocycles. The maximum atomic E-state index is 11.5. The second-order valence-electron chi connectivity index (χ2n) is 4.49. The summed E-state index contributed by atoms with van der Waals surface area (Å²) >= 11 is 0. The standard InChI is InChI=1S/C12H24O2/c1-5-6-7-8-9-11(13)10-12(2,3)14-4/h5-10H2,1-4H3. The summed E-state index contributed by atoms with van der Waals surface area (Å²) in [6, 6.07) is 0. The third-order valence-electron chi connectivity index (χ3n) is 2.48. The summed E-state index contributed by atoms with van der Waals surface area (Å²) < 4.78 is 5.21. The van der Waals surface area contributed by atoms with E-state index in [-0.39, 0.29) is 5.60 Å². The maximum Gasteiger partial charge on any atom is 0.135 e. The molecular formula is C12H24O2. The first-order chi connectivity index (χ1) is 6.52. The highest BCUT2D eigenvalue weighted by atomic mass is 16.5. The Balaban J connectivity index is 3.55. The molecule has 0 amide bonds. The Bertz CT molecular complexity index is 162. The molecular weight excluding hydrogens is 176 g/mol. The summed E-state index contributed by atoms with van der Waals surface area (Å²) in [4.78, 5) is 11.5. The molecule has 0 atom stereocenters. The Labute approximate surface area is 88.0 Å². The summed E-state index contributed by atoms with van der Waals surface area (Å²) in [5, 5.41) is 0. The van der Waals surface area contributed by atoms with Crippen LogP contribution in [0.2, 0.25) is 0 Å². The molecule has 0 rings (SSSR count). The van der Waals surface area contributed by atoms with Crippen LogP contribution >= 0.6 is 0 Å². The lowest BCUT2D eigenvalue weighted by Crippen LogP contribution is -2.26. The average molecular weight is 200 g/mol. The SMILES string of the molecule is CCCCCCC(=O)CC(C)(C)OC. The predicted octanol–water partition coefficient (Wildman–Crippen LogP) is 3.34. The fourth-order valence-electron chi connectivity index (χ4n) is 1.38. The number of Topliss-reactive ketones (excluding diaryl/α,β-unsaturated/α-hetero) is 1. The number of methoxy groups -OCH3 is 1. The first kappa shape index (κ1) is 13.6. The largest absolute Gasteiger partial charge is 0.378 e. The van der Waals surface area contributed by atoms with Gasteiger partial charge in [-0.1, -0.05) is 26.2 Å². The molecule has 2 nitrogen and oxygen atoms in total. The van der Waals surface area contributed by atoms with Crippen molar-refractivity contribution >= 4 is 5.78 Å². The monoisotopic (exact) mass is 200 g/mol. The quantitative estimate of drug-likeness (QED) is 0.562. The minimum absolute atomic E-state index is 0.290. The molecule has 0 heterocycles. The molecule has 0 radical (unpaired) electrons. The molecule has 2 heteroatoms. The van der Waals surface area contributed by atoms with Crippen molar-refractivity contribution in [3.8, 4) is 0 Å². The van der Waals surface area contributed by atoms with Gasteiger partial charge in [0.15, 0.2) is 0 Å². The van der Waals surface area contributed by atoms with Crippen LogP contribution in [0.1, 0.15) is 59.3 Å². The lowest BCUT2D eigenvalue weighted by molar-refractivity contribution is -0.124.